The lowest BCUT2D eigenvalue weighted by molar-refractivity contribution is -0.0506. The zero-order chi connectivity index (χ0) is 15.4. The van der Waals surface area contributed by atoms with Crippen LogP contribution in [0.25, 0.3) is 0 Å². The quantitative estimate of drug-likeness (QED) is 0.801. The normalized spacial score (nSPS) is 12.5. The van der Waals surface area contributed by atoms with Gasteiger partial charge in [0.05, 0.1) is 0 Å². The molecule has 0 aliphatic heterocycles. The highest BCUT2D eigenvalue weighted by atomic mass is 79.9. The first-order chi connectivity index (χ1) is 9.97. The number of halogens is 4. The summed E-state index contributed by atoms with van der Waals surface area (Å²) in [6, 6.07) is 11.5. The maximum Gasteiger partial charge on any atom is 0.387 e. The van der Waals surface area contributed by atoms with Crippen LogP contribution in [0, 0.1) is 0 Å². The highest BCUT2D eigenvalue weighted by Crippen LogP contribution is 2.30. The van der Waals surface area contributed by atoms with Crippen molar-refractivity contribution in [1.29, 1.82) is 0 Å². The third-order valence-corrected chi connectivity index (χ3v) is 3.83. The average Bonchev–Trinajstić information content (AvgIpc) is 2.42. The second-order valence-corrected chi connectivity index (χ2v) is 5.79. The molecule has 21 heavy (non-hydrogen) atoms. The Morgan fingerprint density at radius 3 is 2.57 bits per heavy atom. The van der Waals surface area contributed by atoms with Gasteiger partial charge >= 0.3 is 6.61 Å². The zero-order valence-electron chi connectivity index (χ0n) is 10.9. The molecule has 0 amide bonds. The summed E-state index contributed by atoms with van der Waals surface area (Å²) >= 11 is 9.48. The summed E-state index contributed by atoms with van der Waals surface area (Å²) in [6.45, 7) is -2.88. The van der Waals surface area contributed by atoms with Gasteiger partial charge in [-0.15, -0.1) is 0 Å². The summed E-state index contributed by atoms with van der Waals surface area (Å²) in [6.07, 6.45) is 0.426. The SMILES string of the molecule is NC(Cc1ccc(Br)cc1Cl)c1ccccc1OC(F)F. The summed E-state index contributed by atoms with van der Waals surface area (Å²) < 4.78 is 30.2. The Morgan fingerprint density at radius 1 is 1.19 bits per heavy atom. The first-order valence-electron chi connectivity index (χ1n) is 6.20. The minimum Gasteiger partial charge on any atom is -0.434 e. The molecule has 2 rings (SSSR count). The van der Waals surface area contributed by atoms with Gasteiger partial charge in [-0.25, -0.2) is 0 Å². The number of nitrogens with two attached hydrogens (primary N) is 1. The molecule has 2 N–H and O–H groups in total. The Labute approximate surface area is 135 Å². The smallest absolute Gasteiger partial charge is 0.387 e. The zero-order valence-corrected chi connectivity index (χ0v) is 13.2. The summed E-state index contributed by atoms with van der Waals surface area (Å²) in [5, 5.41) is 0.576. The van der Waals surface area contributed by atoms with Crippen molar-refractivity contribution >= 4 is 27.5 Å². The summed E-state index contributed by atoms with van der Waals surface area (Å²) in [5.74, 6) is 0.0910. The molecule has 1 atom stereocenters. The Morgan fingerprint density at radius 2 is 1.90 bits per heavy atom. The van der Waals surface area contributed by atoms with Gasteiger partial charge in [-0.2, -0.15) is 8.78 Å². The van der Waals surface area contributed by atoms with E-state index in [0.29, 0.717) is 17.0 Å². The minimum absolute atomic E-state index is 0.0910. The van der Waals surface area contributed by atoms with E-state index in [9.17, 15) is 8.78 Å². The molecule has 0 spiro atoms. The van der Waals surface area contributed by atoms with Crippen LogP contribution in [-0.2, 0) is 6.42 Å². The molecule has 2 aromatic rings. The number of benzene rings is 2. The predicted octanol–water partition coefficient (Wildman–Crippen LogP) is 4.95. The van der Waals surface area contributed by atoms with Gasteiger partial charge in [-0.05, 0) is 30.2 Å². The Balaban J connectivity index is 2.22. The maximum atomic E-state index is 12.4. The van der Waals surface area contributed by atoms with Crippen LogP contribution in [0.2, 0.25) is 5.02 Å². The highest BCUT2D eigenvalue weighted by Gasteiger charge is 2.16. The topological polar surface area (TPSA) is 35.2 Å². The van der Waals surface area contributed by atoms with Crippen molar-refractivity contribution in [3.8, 4) is 5.75 Å². The van der Waals surface area contributed by atoms with Crippen molar-refractivity contribution in [3.63, 3.8) is 0 Å². The van der Waals surface area contributed by atoms with Crippen LogP contribution in [-0.4, -0.2) is 6.61 Å². The van der Waals surface area contributed by atoms with Crippen molar-refractivity contribution in [2.75, 3.05) is 0 Å². The molecule has 0 saturated heterocycles. The van der Waals surface area contributed by atoms with E-state index in [1.165, 1.54) is 6.07 Å². The first-order valence-corrected chi connectivity index (χ1v) is 7.37. The molecule has 6 heteroatoms. The van der Waals surface area contributed by atoms with Crippen LogP contribution in [0.15, 0.2) is 46.9 Å². The molecule has 0 aromatic heterocycles. The second kappa shape index (κ2) is 7.20. The number of rotatable bonds is 5. The maximum absolute atomic E-state index is 12.4. The third-order valence-electron chi connectivity index (χ3n) is 2.99. The van der Waals surface area contributed by atoms with Crippen molar-refractivity contribution in [2.24, 2.45) is 5.73 Å². The number of alkyl halides is 2. The molecule has 0 aliphatic carbocycles. The van der Waals surface area contributed by atoms with Gasteiger partial charge in [0.25, 0.3) is 0 Å². The summed E-state index contributed by atoms with van der Waals surface area (Å²) in [4.78, 5) is 0. The largest absolute Gasteiger partial charge is 0.434 e. The lowest BCUT2D eigenvalue weighted by atomic mass is 9.99. The van der Waals surface area contributed by atoms with Gasteiger partial charge in [0.2, 0.25) is 0 Å². The van der Waals surface area contributed by atoms with Gasteiger partial charge < -0.3 is 10.5 Å². The van der Waals surface area contributed by atoms with Crippen LogP contribution in [0.5, 0.6) is 5.75 Å². The lowest BCUT2D eigenvalue weighted by Crippen LogP contribution is -2.16. The van der Waals surface area contributed by atoms with Crippen LogP contribution < -0.4 is 10.5 Å². The molecule has 0 saturated carbocycles. The lowest BCUT2D eigenvalue weighted by Gasteiger charge is -2.17. The van der Waals surface area contributed by atoms with Gasteiger partial charge in [-0.3, -0.25) is 0 Å². The van der Waals surface area contributed by atoms with Crippen LogP contribution in [0.3, 0.4) is 0 Å². The van der Waals surface area contributed by atoms with E-state index in [0.717, 1.165) is 10.0 Å². The van der Waals surface area contributed by atoms with Crippen molar-refractivity contribution in [2.45, 2.75) is 19.1 Å². The van der Waals surface area contributed by atoms with Gasteiger partial charge in [0, 0.05) is 21.1 Å². The summed E-state index contributed by atoms with van der Waals surface area (Å²) in [7, 11) is 0. The van der Waals surface area contributed by atoms with Crippen LogP contribution >= 0.6 is 27.5 Å². The predicted molar refractivity (Wildman–Crippen MR) is 82.9 cm³/mol. The molecule has 2 nitrogen and oxygen atoms in total. The van der Waals surface area contributed by atoms with Crippen molar-refractivity contribution < 1.29 is 13.5 Å². The average molecular weight is 377 g/mol. The standard InChI is InChI=1S/C15H13BrClF2NO/c16-10-6-5-9(12(17)8-10)7-13(20)11-3-1-2-4-14(11)21-15(18)19/h1-6,8,13,15H,7,20H2. The molecule has 0 bridgehead atoms. The fraction of sp³-hybridized carbons (Fsp3) is 0.200. The Kier molecular flexibility index (Phi) is 5.56. The molecule has 1 unspecified atom stereocenters. The summed E-state index contributed by atoms with van der Waals surface area (Å²) in [5.41, 5.74) is 7.49. The number of hydrogen-bond donors (Lipinski definition) is 1. The fourth-order valence-corrected chi connectivity index (χ4v) is 2.77. The molecular formula is C15H13BrClF2NO. The number of para-hydroxylation sites is 1. The molecule has 112 valence electrons. The monoisotopic (exact) mass is 375 g/mol. The van der Waals surface area contributed by atoms with E-state index >= 15 is 0 Å². The molecule has 0 aliphatic rings. The van der Waals surface area contributed by atoms with Crippen LogP contribution in [0.1, 0.15) is 17.2 Å². The van der Waals surface area contributed by atoms with Crippen molar-refractivity contribution in [1.82, 2.24) is 0 Å². The number of hydrogen-bond acceptors (Lipinski definition) is 2. The molecule has 0 radical (unpaired) electrons. The van der Waals surface area contributed by atoms with E-state index in [1.54, 1.807) is 24.3 Å². The molecular weight excluding hydrogens is 364 g/mol. The molecule has 0 heterocycles. The van der Waals surface area contributed by atoms with E-state index in [-0.39, 0.29) is 5.75 Å². The first kappa shape index (κ1) is 16.2. The van der Waals surface area contributed by atoms with Crippen LogP contribution in [0.4, 0.5) is 8.78 Å². The molecule has 2 aromatic carbocycles. The van der Waals surface area contributed by atoms with E-state index in [4.69, 9.17) is 17.3 Å². The van der Waals surface area contributed by atoms with Gasteiger partial charge in [0.15, 0.2) is 0 Å². The van der Waals surface area contributed by atoms with E-state index < -0.39 is 12.7 Å². The Hall–Kier alpha value is -1.17. The fourth-order valence-electron chi connectivity index (χ4n) is 2.02. The second-order valence-electron chi connectivity index (χ2n) is 4.46. The van der Waals surface area contributed by atoms with E-state index in [2.05, 4.69) is 20.7 Å². The van der Waals surface area contributed by atoms with Gasteiger partial charge in [-0.1, -0.05) is 51.8 Å². The highest BCUT2D eigenvalue weighted by molar-refractivity contribution is 9.10. The third kappa shape index (κ3) is 4.40. The Bertz CT molecular complexity index is 624. The molecule has 0 fully saturated rings. The van der Waals surface area contributed by atoms with E-state index in [1.807, 2.05) is 12.1 Å². The van der Waals surface area contributed by atoms with Crippen molar-refractivity contribution in [3.05, 3.63) is 63.1 Å². The van der Waals surface area contributed by atoms with Gasteiger partial charge in [0.1, 0.15) is 5.75 Å². The number of ether oxygens (including phenoxy) is 1. The minimum atomic E-state index is -2.88.